The van der Waals surface area contributed by atoms with Crippen LogP contribution in [-0.4, -0.2) is 73.9 Å². The predicted molar refractivity (Wildman–Crippen MR) is 193 cm³/mol. The van der Waals surface area contributed by atoms with E-state index < -0.39 is 26.8 Å². The van der Waals surface area contributed by atoms with Gasteiger partial charge in [0, 0.05) is 42.2 Å². The van der Waals surface area contributed by atoms with Crippen LogP contribution in [0.3, 0.4) is 0 Å². The molecule has 2 aromatic carbocycles. The number of carbonyl (C=O) groups excluding carboxylic acids is 2. The lowest BCUT2D eigenvalue weighted by Crippen LogP contribution is -2.54. The Hall–Kier alpha value is -2.82. The highest BCUT2D eigenvalue weighted by molar-refractivity contribution is 7.90. The molecule has 49 heavy (non-hydrogen) atoms. The molecule has 11 heteroatoms. The van der Waals surface area contributed by atoms with Gasteiger partial charge in [0.1, 0.15) is 5.75 Å². The Morgan fingerprint density at radius 2 is 1.86 bits per heavy atom. The zero-order valence-corrected chi connectivity index (χ0v) is 30.9. The van der Waals surface area contributed by atoms with E-state index in [1.807, 2.05) is 26.8 Å². The van der Waals surface area contributed by atoms with Crippen LogP contribution in [0.1, 0.15) is 101 Å². The van der Waals surface area contributed by atoms with E-state index in [4.69, 9.17) is 16.3 Å². The maximum atomic E-state index is 13.5. The highest BCUT2D eigenvalue weighted by Crippen LogP contribution is 2.50. The maximum Gasteiger partial charge on any atom is 0.264 e. The second kappa shape index (κ2) is 14.1. The van der Waals surface area contributed by atoms with Crippen molar-refractivity contribution in [3.63, 3.8) is 0 Å². The van der Waals surface area contributed by atoms with Gasteiger partial charge in [-0.25, -0.2) is 13.1 Å². The molecule has 4 aliphatic rings. The molecule has 2 aliphatic heterocycles. The molecule has 2 bridgehead atoms. The Morgan fingerprint density at radius 1 is 1.08 bits per heavy atom. The lowest BCUT2D eigenvalue weighted by Gasteiger charge is -2.50. The monoisotopic (exact) mass is 713 g/mol. The van der Waals surface area contributed by atoms with Crippen molar-refractivity contribution in [1.29, 1.82) is 0 Å². The van der Waals surface area contributed by atoms with Crippen LogP contribution in [0.15, 0.2) is 36.4 Å². The van der Waals surface area contributed by atoms with Gasteiger partial charge in [0.15, 0.2) is 0 Å². The van der Waals surface area contributed by atoms with E-state index in [9.17, 15) is 23.1 Å². The molecule has 9 nitrogen and oxygen atoms in total. The summed E-state index contributed by atoms with van der Waals surface area (Å²) >= 11 is 6.44. The summed E-state index contributed by atoms with van der Waals surface area (Å²) in [6.45, 7) is 10.3. The normalized spacial score (nSPS) is 31.3. The van der Waals surface area contributed by atoms with Gasteiger partial charge in [0.05, 0.1) is 29.6 Å². The van der Waals surface area contributed by atoms with E-state index in [2.05, 4.69) is 21.8 Å². The van der Waals surface area contributed by atoms with Gasteiger partial charge in [-0.15, -0.1) is 0 Å². The lowest BCUT2D eigenvalue weighted by atomic mass is 9.61. The number of hydrogen-bond acceptors (Lipinski definition) is 7. The fourth-order valence-corrected chi connectivity index (χ4v) is 10.4. The molecular formula is C38H52ClN3O6S. The number of halogens is 1. The number of rotatable bonds is 4. The molecule has 6 atom stereocenters. The molecule has 2 N–H and O–H groups in total. The first kappa shape index (κ1) is 36.0. The number of aryl methyl sites for hydroxylation is 1. The summed E-state index contributed by atoms with van der Waals surface area (Å²) in [4.78, 5) is 31.2. The van der Waals surface area contributed by atoms with Crippen LogP contribution >= 0.6 is 11.6 Å². The number of fused-ring (bicyclic) bond motifs is 4. The van der Waals surface area contributed by atoms with E-state index in [0.717, 1.165) is 37.8 Å². The first-order valence-electron chi connectivity index (χ1n) is 18.2. The molecule has 268 valence electrons. The summed E-state index contributed by atoms with van der Waals surface area (Å²) in [5, 5.41) is 12.4. The van der Waals surface area contributed by atoms with Crippen LogP contribution in [0.5, 0.6) is 5.75 Å². The molecule has 1 fully saturated rings. The van der Waals surface area contributed by atoms with Crippen molar-refractivity contribution in [2.24, 2.45) is 17.8 Å². The number of nitrogens with one attached hydrogen (secondary N) is 1. The SMILES string of the molecule is CCN(CC)C(=O)C[C@]1(O)CCC[C@H](C)[C@@H](C)S(=O)(=O)NC(=O)c2ccc3c(c2)N(C[C@@H]2CC[C@H]21)C[C@@]1(CCCc2cc(Cl)ccc21)CO3. The minimum atomic E-state index is -3.99. The summed E-state index contributed by atoms with van der Waals surface area (Å²) in [7, 11) is -3.99. The number of benzene rings is 2. The van der Waals surface area contributed by atoms with Gasteiger partial charge >= 0.3 is 0 Å². The number of amides is 2. The highest BCUT2D eigenvalue weighted by atomic mass is 35.5. The molecule has 1 spiro atoms. The predicted octanol–water partition coefficient (Wildman–Crippen LogP) is 6.10. The number of aliphatic hydroxyl groups is 1. The van der Waals surface area contributed by atoms with Gasteiger partial charge in [0.2, 0.25) is 15.9 Å². The van der Waals surface area contributed by atoms with Crippen LogP contribution in [0.4, 0.5) is 5.69 Å². The van der Waals surface area contributed by atoms with Gasteiger partial charge < -0.3 is 19.6 Å². The zero-order valence-electron chi connectivity index (χ0n) is 29.3. The molecule has 0 aromatic heterocycles. The quantitative estimate of drug-likeness (QED) is 0.394. The summed E-state index contributed by atoms with van der Waals surface area (Å²) in [6, 6.07) is 11.3. The summed E-state index contributed by atoms with van der Waals surface area (Å²) in [6.07, 6.45) is 6.17. The average Bonchev–Trinajstić information content (AvgIpc) is 3.19. The summed E-state index contributed by atoms with van der Waals surface area (Å²) in [5.74, 6) is -0.302. The molecule has 1 saturated carbocycles. The first-order valence-corrected chi connectivity index (χ1v) is 20.1. The van der Waals surface area contributed by atoms with E-state index in [-0.39, 0.29) is 41.1 Å². The molecule has 6 rings (SSSR count). The Kier molecular flexibility index (Phi) is 10.3. The Labute approximate surface area is 296 Å². The second-order valence-corrected chi connectivity index (χ2v) is 17.6. The third-order valence-electron chi connectivity index (χ3n) is 12.2. The van der Waals surface area contributed by atoms with Gasteiger partial charge in [-0.05, 0) is 125 Å². The third-order valence-corrected chi connectivity index (χ3v) is 14.4. The maximum absolute atomic E-state index is 13.5. The first-order chi connectivity index (χ1) is 23.3. The summed E-state index contributed by atoms with van der Waals surface area (Å²) < 4.78 is 35.8. The highest BCUT2D eigenvalue weighted by Gasteiger charge is 2.50. The smallest absolute Gasteiger partial charge is 0.264 e. The van der Waals surface area contributed by atoms with Crippen molar-refractivity contribution < 1.29 is 27.9 Å². The van der Waals surface area contributed by atoms with Crippen LogP contribution < -0.4 is 14.4 Å². The molecule has 2 aliphatic carbocycles. The fraction of sp³-hybridized carbons (Fsp3) is 0.632. The second-order valence-electron chi connectivity index (χ2n) is 15.1. The molecule has 0 unspecified atom stereocenters. The van der Waals surface area contributed by atoms with Crippen molar-refractivity contribution in [2.75, 3.05) is 37.7 Å². The van der Waals surface area contributed by atoms with Gasteiger partial charge in [-0.1, -0.05) is 31.0 Å². The molecule has 0 radical (unpaired) electrons. The molecule has 0 saturated heterocycles. The number of nitrogens with zero attached hydrogens (tertiary/aromatic N) is 2. The van der Waals surface area contributed by atoms with E-state index in [0.29, 0.717) is 62.8 Å². The van der Waals surface area contributed by atoms with Crippen LogP contribution in [0.2, 0.25) is 5.02 Å². The van der Waals surface area contributed by atoms with Crippen molar-refractivity contribution in [2.45, 2.75) is 102 Å². The van der Waals surface area contributed by atoms with Crippen LogP contribution in [-0.2, 0) is 26.7 Å². The van der Waals surface area contributed by atoms with Crippen molar-refractivity contribution >= 4 is 39.1 Å². The van der Waals surface area contributed by atoms with E-state index in [1.54, 1.807) is 30.0 Å². The Morgan fingerprint density at radius 3 is 2.57 bits per heavy atom. The van der Waals surface area contributed by atoms with E-state index >= 15 is 0 Å². The molecule has 2 aromatic rings. The van der Waals surface area contributed by atoms with Crippen molar-refractivity contribution in [1.82, 2.24) is 9.62 Å². The zero-order chi connectivity index (χ0) is 35.1. The topological polar surface area (TPSA) is 116 Å². The van der Waals surface area contributed by atoms with Crippen LogP contribution in [0, 0.1) is 17.8 Å². The van der Waals surface area contributed by atoms with Crippen molar-refractivity contribution in [3.05, 3.63) is 58.1 Å². The largest absolute Gasteiger partial charge is 0.490 e. The van der Waals surface area contributed by atoms with Gasteiger partial charge in [-0.2, -0.15) is 0 Å². The lowest BCUT2D eigenvalue weighted by molar-refractivity contribution is -0.145. The van der Waals surface area contributed by atoms with Crippen LogP contribution in [0.25, 0.3) is 0 Å². The number of carbonyl (C=O) groups is 2. The third kappa shape index (κ3) is 7.07. The number of sulfonamides is 1. The molecular weight excluding hydrogens is 662 g/mol. The van der Waals surface area contributed by atoms with Crippen molar-refractivity contribution in [3.8, 4) is 5.75 Å². The number of ether oxygens (including phenoxy) is 1. The minimum Gasteiger partial charge on any atom is -0.490 e. The fourth-order valence-electron chi connectivity index (χ4n) is 8.94. The Bertz CT molecular complexity index is 1680. The number of hydrogen-bond donors (Lipinski definition) is 2. The molecule has 2 heterocycles. The minimum absolute atomic E-state index is 0.0474. The Balaban J connectivity index is 1.43. The molecule has 2 amide bonds. The summed E-state index contributed by atoms with van der Waals surface area (Å²) in [5.41, 5.74) is 1.90. The van der Waals surface area contributed by atoms with Gasteiger partial charge in [-0.3, -0.25) is 9.59 Å². The number of anilines is 1. The van der Waals surface area contributed by atoms with Gasteiger partial charge in [0.25, 0.3) is 5.91 Å². The van der Waals surface area contributed by atoms with E-state index in [1.165, 1.54) is 11.1 Å². The standard InChI is InChI=1S/C38H52ClN3O6S/c1-5-41(6-2)35(43)21-38(45)18-7-9-25(3)26(4)49(46,47)40-36(44)28-12-16-34-33(20-28)42(22-29-11-14-32(29)38)23-37(24-48-34)17-8-10-27-19-30(39)13-15-31(27)37/h12-13,15-16,19-20,25-26,29,32,45H,5-11,14,17-18,21-24H2,1-4H3,(H,40,44)/t25-,26+,29-,32+,37-,38+/m0/s1. The average molecular weight is 714 g/mol.